The van der Waals surface area contributed by atoms with Crippen molar-refractivity contribution < 1.29 is 19.5 Å². The van der Waals surface area contributed by atoms with Crippen LogP contribution in [0.5, 0.6) is 0 Å². The molecule has 0 saturated carbocycles. The van der Waals surface area contributed by atoms with Crippen molar-refractivity contribution in [3.63, 3.8) is 0 Å². The molecule has 1 N–H and O–H groups in total. The van der Waals surface area contributed by atoms with Crippen molar-refractivity contribution in [2.45, 2.75) is 53.1 Å². The molecule has 0 aromatic rings. The molecule has 2 unspecified atom stereocenters. The third-order valence-electron chi connectivity index (χ3n) is 4.03. The summed E-state index contributed by atoms with van der Waals surface area (Å²) in [6.07, 6.45) is 6.49. The van der Waals surface area contributed by atoms with Crippen LogP contribution in [0, 0.1) is 5.92 Å². The van der Waals surface area contributed by atoms with Crippen LogP contribution in [-0.4, -0.2) is 47.8 Å². The third kappa shape index (κ3) is 7.06. The van der Waals surface area contributed by atoms with E-state index in [0.29, 0.717) is 24.0 Å². The third-order valence-corrected chi connectivity index (χ3v) is 4.03. The number of allylic oxidation sites excluding steroid dienone is 1. The van der Waals surface area contributed by atoms with Gasteiger partial charge in [0, 0.05) is 11.9 Å². The number of carboxylic acid groups (broad SMARTS) is 1. The second-order valence-corrected chi connectivity index (χ2v) is 5.71. The lowest BCUT2D eigenvalue weighted by molar-refractivity contribution is -0.929. The number of rotatable bonds is 11. The number of aliphatic hydroxyl groups is 1. The van der Waals surface area contributed by atoms with Gasteiger partial charge >= 0.3 is 0 Å². The topological polar surface area (TPSA) is 60.4 Å². The fraction of sp³-hybridized carbons (Fsp3) is 0.812. The van der Waals surface area contributed by atoms with Gasteiger partial charge < -0.3 is 19.5 Å². The van der Waals surface area contributed by atoms with Crippen LogP contribution in [-0.2, 0) is 4.79 Å². The summed E-state index contributed by atoms with van der Waals surface area (Å²) >= 11 is 0. The number of likely N-dealkylation sites (N-methyl/N-ethyl adjacent to an activating group) is 1. The molecule has 0 aliphatic rings. The molecule has 0 aromatic heterocycles. The first-order chi connectivity index (χ1) is 9.40. The smallest absolute Gasteiger partial charge is 0.106 e. The van der Waals surface area contributed by atoms with Gasteiger partial charge in [-0.1, -0.05) is 32.4 Å². The number of unbranched alkanes of at least 4 members (excludes halogenated alkanes) is 1. The largest absolute Gasteiger partial charge is 0.550 e. The Labute approximate surface area is 123 Å². The highest BCUT2D eigenvalue weighted by Crippen LogP contribution is 2.14. The summed E-state index contributed by atoms with van der Waals surface area (Å²) in [5.41, 5.74) is 0. The Morgan fingerprint density at radius 3 is 2.25 bits per heavy atom. The summed E-state index contributed by atoms with van der Waals surface area (Å²) in [6, 6.07) is 0. The number of aliphatic hydroxyl groups excluding tert-OH is 1. The Morgan fingerprint density at radius 1 is 1.20 bits per heavy atom. The van der Waals surface area contributed by atoms with E-state index in [9.17, 15) is 15.0 Å². The Bertz CT molecular complexity index is 298. The Hall–Kier alpha value is -0.870. The van der Waals surface area contributed by atoms with Crippen molar-refractivity contribution in [3.05, 3.63) is 12.2 Å². The van der Waals surface area contributed by atoms with E-state index in [-0.39, 0.29) is 0 Å². The minimum absolute atomic E-state index is 0.419. The average molecular weight is 285 g/mol. The zero-order valence-corrected chi connectivity index (χ0v) is 13.5. The maximum atomic E-state index is 10.9. The fourth-order valence-electron chi connectivity index (χ4n) is 2.53. The molecule has 118 valence electrons. The molecule has 0 fully saturated rings. The zero-order valence-electron chi connectivity index (χ0n) is 13.5. The zero-order chi connectivity index (χ0) is 15.6. The second-order valence-electron chi connectivity index (χ2n) is 5.71. The van der Waals surface area contributed by atoms with Gasteiger partial charge in [0.05, 0.1) is 19.6 Å². The SMILES string of the molecule is CCC/C=C/CC(O)C[N+](CC)(CC)CC(C)C(=O)[O-]. The molecule has 20 heavy (non-hydrogen) atoms. The molecule has 0 aliphatic carbocycles. The van der Waals surface area contributed by atoms with Crippen LogP contribution in [0.1, 0.15) is 47.0 Å². The highest BCUT2D eigenvalue weighted by molar-refractivity contribution is 5.67. The predicted octanol–water partition coefficient (Wildman–Crippen LogP) is 1.34. The maximum absolute atomic E-state index is 10.9. The Balaban J connectivity index is 4.54. The van der Waals surface area contributed by atoms with Crippen molar-refractivity contribution in [1.82, 2.24) is 0 Å². The van der Waals surface area contributed by atoms with Gasteiger partial charge in [-0.2, -0.15) is 0 Å². The molecule has 4 nitrogen and oxygen atoms in total. The van der Waals surface area contributed by atoms with Crippen molar-refractivity contribution in [2.75, 3.05) is 26.2 Å². The molecule has 0 spiro atoms. The van der Waals surface area contributed by atoms with Crippen LogP contribution in [0.25, 0.3) is 0 Å². The van der Waals surface area contributed by atoms with Crippen molar-refractivity contribution in [1.29, 1.82) is 0 Å². The summed E-state index contributed by atoms with van der Waals surface area (Å²) in [6.45, 7) is 10.7. The highest BCUT2D eigenvalue weighted by atomic mass is 16.4. The molecule has 2 atom stereocenters. The lowest BCUT2D eigenvalue weighted by Gasteiger charge is -2.40. The summed E-state index contributed by atoms with van der Waals surface area (Å²) in [7, 11) is 0. The number of hydrogen-bond acceptors (Lipinski definition) is 3. The van der Waals surface area contributed by atoms with Crippen LogP contribution >= 0.6 is 0 Å². The molecule has 0 saturated heterocycles. The van der Waals surface area contributed by atoms with Gasteiger partial charge in [0.1, 0.15) is 12.6 Å². The van der Waals surface area contributed by atoms with E-state index < -0.39 is 18.0 Å². The van der Waals surface area contributed by atoms with E-state index in [1.54, 1.807) is 6.92 Å². The number of aliphatic carboxylic acids is 1. The van der Waals surface area contributed by atoms with Crippen LogP contribution in [0.3, 0.4) is 0 Å². The molecule has 4 heteroatoms. The molecule has 0 bridgehead atoms. The van der Waals surface area contributed by atoms with Crippen LogP contribution in [0.2, 0.25) is 0 Å². The van der Waals surface area contributed by atoms with E-state index in [0.717, 1.165) is 25.9 Å². The summed E-state index contributed by atoms with van der Waals surface area (Å²) in [5, 5.41) is 21.1. The van der Waals surface area contributed by atoms with E-state index >= 15 is 0 Å². The van der Waals surface area contributed by atoms with Crippen LogP contribution < -0.4 is 5.11 Å². The van der Waals surface area contributed by atoms with Gasteiger partial charge in [0.25, 0.3) is 0 Å². The lowest BCUT2D eigenvalue weighted by Crippen LogP contribution is -2.56. The number of nitrogens with zero attached hydrogens (tertiary/aromatic N) is 1. The Kier molecular flexibility index (Phi) is 9.51. The number of carbonyl (C=O) groups is 1. The van der Waals surface area contributed by atoms with Crippen LogP contribution in [0.4, 0.5) is 0 Å². The van der Waals surface area contributed by atoms with E-state index in [1.807, 2.05) is 19.9 Å². The monoisotopic (exact) mass is 285 g/mol. The normalized spacial score (nSPS) is 15.4. The molecule has 0 rings (SSSR count). The highest BCUT2D eigenvalue weighted by Gasteiger charge is 2.29. The fourth-order valence-corrected chi connectivity index (χ4v) is 2.53. The molecular formula is C16H31NO3. The molecule has 0 radical (unpaired) electrons. The van der Waals surface area contributed by atoms with E-state index in [1.165, 1.54) is 0 Å². The van der Waals surface area contributed by atoms with Crippen molar-refractivity contribution in [2.24, 2.45) is 5.92 Å². The predicted molar refractivity (Wildman–Crippen MR) is 79.9 cm³/mol. The second kappa shape index (κ2) is 9.94. The first-order valence-corrected chi connectivity index (χ1v) is 7.79. The van der Waals surface area contributed by atoms with Gasteiger partial charge in [-0.3, -0.25) is 0 Å². The first-order valence-electron chi connectivity index (χ1n) is 7.79. The molecule has 0 amide bonds. The van der Waals surface area contributed by atoms with Gasteiger partial charge in [0.2, 0.25) is 0 Å². The number of hydrogen-bond donors (Lipinski definition) is 1. The number of carbonyl (C=O) groups excluding carboxylic acids is 1. The standard InChI is InChI=1S/C16H31NO3/c1-5-8-9-10-11-15(18)13-17(6-2,7-3)12-14(4)16(19)20/h9-10,14-15,18H,5-8,11-13H2,1-4H3/b10-9+. The molecule has 0 heterocycles. The van der Waals surface area contributed by atoms with Crippen molar-refractivity contribution in [3.8, 4) is 0 Å². The van der Waals surface area contributed by atoms with Gasteiger partial charge in [-0.25, -0.2) is 0 Å². The minimum atomic E-state index is -1.01. The van der Waals surface area contributed by atoms with Crippen molar-refractivity contribution >= 4 is 5.97 Å². The number of carboxylic acids is 1. The average Bonchev–Trinajstić information content (AvgIpc) is 2.42. The summed E-state index contributed by atoms with van der Waals surface area (Å²) < 4.78 is 0.623. The molecular weight excluding hydrogens is 254 g/mol. The van der Waals surface area contributed by atoms with E-state index in [4.69, 9.17) is 0 Å². The summed E-state index contributed by atoms with van der Waals surface area (Å²) in [4.78, 5) is 10.9. The molecule has 0 aromatic carbocycles. The Morgan fingerprint density at radius 2 is 1.80 bits per heavy atom. The van der Waals surface area contributed by atoms with E-state index in [2.05, 4.69) is 13.0 Å². The lowest BCUT2D eigenvalue weighted by atomic mass is 10.1. The van der Waals surface area contributed by atoms with Gasteiger partial charge in [0.15, 0.2) is 0 Å². The quantitative estimate of drug-likeness (QED) is 0.460. The first kappa shape index (κ1) is 19.1. The summed E-state index contributed by atoms with van der Waals surface area (Å²) in [5.74, 6) is -1.50. The van der Waals surface area contributed by atoms with Gasteiger partial charge in [-0.05, 0) is 26.7 Å². The minimum Gasteiger partial charge on any atom is -0.550 e. The maximum Gasteiger partial charge on any atom is 0.106 e. The van der Waals surface area contributed by atoms with Crippen LogP contribution in [0.15, 0.2) is 12.2 Å². The van der Waals surface area contributed by atoms with Gasteiger partial charge in [-0.15, -0.1) is 0 Å². The molecule has 0 aliphatic heterocycles. The number of quaternary nitrogens is 1.